The van der Waals surface area contributed by atoms with E-state index < -0.39 is 5.60 Å². The zero-order chi connectivity index (χ0) is 18.5. The van der Waals surface area contributed by atoms with Gasteiger partial charge in [0, 0.05) is 11.0 Å². The molecule has 3 heteroatoms. The average molecular weight is 356 g/mol. The molecule has 4 aliphatic carbocycles. The highest BCUT2D eigenvalue weighted by molar-refractivity contribution is 5.44. The summed E-state index contributed by atoms with van der Waals surface area (Å²) in [6.07, 6.45) is 11.3. The van der Waals surface area contributed by atoms with Gasteiger partial charge in [0.05, 0.1) is 11.8 Å². The van der Waals surface area contributed by atoms with Crippen LogP contribution in [-0.4, -0.2) is 15.9 Å². The molecule has 6 atom stereocenters. The summed E-state index contributed by atoms with van der Waals surface area (Å²) in [5, 5.41) is 15.2. The first-order valence-corrected chi connectivity index (χ1v) is 10.5. The third-order valence-corrected chi connectivity index (χ3v) is 9.47. The van der Waals surface area contributed by atoms with Crippen LogP contribution in [0.25, 0.3) is 0 Å². The second kappa shape index (κ2) is 4.84. The van der Waals surface area contributed by atoms with Crippen molar-refractivity contribution in [2.75, 3.05) is 0 Å². The predicted molar refractivity (Wildman–Crippen MR) is 102 cm³/mol. The summed E-state index contributed by atoms with van der Waals surface area (Å²) >= 11 is 0. The molecule has 0 spiro atoms. The van der Waals surface area contributed by atoms with E-state index in [1.165, 1.54) is 24.8 Å². The van der Waals surface area contributed by atoms with Crippen LogP contribution in [-0.2, 0) is 11.8 Å². The number of aliphatic hydroxyl groups is 1. The normalized spacial score (nSPS) is 48.8. The molecule has 26 heavy (non-hydrogen) atoms. The molecule has 5 rings (SSSR count). The minimum atomic E-state index is -0.499. The molecule has 0 amide bonds. The van der Waals surface area contributed by atoms with Gasteiger partial charge in [-0.25, -0.2) is 0 Å². The Bertz CT molecular complexity index is 788. The molecule has 142 valence electrons. The Hall–Kier alpha value is -1.09. The van der Waals surface area contributed by atoms with Crippen molar-refractivity contribution in [3.05, 3.63) is 29.2 Å². The first-order valence-electron chi connectivity index (χ1n) is 10.5. The summed E-state index contributed by atoms with van der Waals surface area (Å²) in [5.41, 5.74) is 2.60. The minimum absolute atomic E-state index is 0.0638. The maximum atomic E-state index is 11.1. The van der Waals surface area contributed by atoms with E-state index in [9.17, 15) is 5.11 Å². The van der Waals surface area contributed by atoms with Crippen LogP contribution in [0, 0.1) is 28.6 Å². The largest absolute Gasteiger partial charge is 0.390 e. The van der Waals surface area contributed by atoms with E-state index in [-0.39, 0.29) is 16.2 Å². The molecule has 0 bridgehead atoms. The van der Waals surface area contributed by atoms with Crippen LogP contribution in [0.4, 0.5) is 0 Å². The molecule has 0 saturated heterocycles. The Morgan fingerprint density at radius 1 is 1.08 bits per heavy atom. The summed E-state index contributed by atoms with van der Waals surface area (Å²) in [6, 6.07) is 0. The van der Waals surface area contributed by atoms with Crippen molar-refractivity contribution >= 4 is 0 Å². The lowest BCUT2D eigenvalue weighted by atomic mass is 9.44. The Morgan fingerprint density at radius 3 is 2.58 bits per heavy atom. The lowest BCUT2D eigenvalue weighted by Gasteiger charge is -2.60. The highest BCUT2D eigenvalue weighted by Crippen LogP contribution is 2.68. The predicted octanol–water partition coefficient (Wildman–Crippen LogP) is 5.04. The zero-order valence-electron chi connectivity index (χ0n) is 16.9. The lowest BCUT2D eigenvalue weighted by molar-refractivity contribution is -0.113. The van der Waals surface area contributed by atoms with E-state index >= 15 is 0 Å². The van der Waals surface area contributed by atoms with Gasteiger partial charge in [0.25, 0.3) is 0 Å². The van der Waals surface area contributed by atoms with Crippen molar-refractivity contribution in [3.8, 4) is 0 Å². The zero-order valence-corrected chi connectivity index (χ0v) is 16.9. The van der Waals surface area contributed by atoms with E-state index in [1.54, 1.807) is 5.57 Å². The molecule has 1 heterocycles. The van der Waals surface area contributed by atoms with Crippen molar-refractivity contribution in [2.45, 2.75) is 84.2 Å². The van der Waals surface area contributed by atoms with Crippen LogP contribution in [0.5, 0.6) is 0 Å². The van der Waals surface area contributed by atoms with E-state index in [2.05, 4.69) is 45.9 Å². The van der Waals surface area contributed by atoms with Gasteiger partial charge < -0.3 is 9.63 Å². The van der Waals surface area contributed by atoms with Gasteiger partial charge in [-0.1, -0.05) is 30.7 Å². The third kappa shape index (κ3) is 1.81. The van der Waals surface area contributed by atoms with Crippen LogP contribution >= 0.6 is 0 Å². The highest BCUT2D eigenvalue weighted by atomic mass is 16.5. The van der Waals surface area contributed by atoms with Crippen LogP contribution in [0.2, 0.25) is 0 Å². The van der Waals surface area contributed by atoms with Crippen LogP contribution in [0.1, 0.15) is 78.0 Å². The average Bonchev–Trinajstić information content (AvgIpc) is 3.10. The summed E-state index contributed by atoms with van der Waals surface area (Å²) in [6.45, 7) is 11.6. The molecular formula is C23H33NO2. The molecule has 6 unspecified atom stereocenters. The third-order valence-electron chi connectivity index (χ3n) is 9.47. The fraction of sp³-hybridized carbons (Fsp3) is 0.783. The molecule has 2 saturated carbocycles. The number of allylic oxidation sites excluding steroid dienone is 2. The molecule has 1 aromatic rings. The number of rotatable bonds is 0. The molecular weight excluding hydrogens is 322 g/mol. The van der Waals surface area contributed by atoms with Gasteiger partial charge in [-0.15, -0.1) is 0 Å². The maximum Gasteiger partial charge on any atom is 0.149 e. The van der Waals surface area contributed by atoms with Gasteiger partial charge in [0.15, 0.2) is 0 Å². The van der Waals surface area contributed by atoms with E-state index in [4.69, 9.17) is 4.52 Å². The van der Waals surface area contributed by atoms with Crippen molar-refractivity contribution in [1.82, 2.24) is 5.16 Å². The van der Waals surface area contributed by atoms with Gasteiger partial charge in [0.2, 0.25) is 0 Å². The molecule has 1 N–H and O–H groups in total. The van der Waals surface area contributed by atoms with Crippen LogP contribution in [0.15, 0.2) is 22.4 Å². The second-order valence-corrected chi connectivity index (χ2v) is 10.9. The number of hydrogen-bond acceptors (Lipinski definition) is 3. The van der Waals surface area contributed by atoms with Crippen LogP contribution in [0.3, 0.4) is 0 Å². The van der Waals surface area contributed by atoms with Gasteiger partial charge in [-0.05, 0) is 87.9 Å². The topological polar surface area (TPSA) is 46.3 Å². The Kier molecular flexibility index (Phi) is 3.17. The van der Waals surface area contributed by atoms with E-state index in [1.807, 2.05) is 6.20 Å². The number of hydrogen-bond donors (Lipinski definition) is 1. The lowest BCUT2D eigenvalue weighted by Crippen LogP contribution is -2.55. The Morgan fingerprint density at radius 2 is 1.81 bits per heavy atom. The summed E-state index contributed by atoms with van der Waals surface area (Å²) < 4.78 is 5.69. The molecule has 0 aliphatic heterocycles. The molecule has 0 aromatic carbocycles. The summed E-state index contributed by atoms with van der Waals surface area (Å²) in [4.78, 5) is 0. The van der Waals surface area contributed by atoms with Gasteiger partial charge in [0.1, 0.15) is 5.76 Å². The van der Waals surface area contributed by atoms with Gasteiger partial charge in [-0.2, -0.15) is 0 Å². The Balaban J connectivity index is 1.60. The first-order chi connectivity index (χ1) is 12.1. The van der Waals surface area contributed by atoms with Gasteiger partial charge in [-0.3, -0.25) is 0 Å². The maximum absolute atomic E-state index is 11.1. The molecule has 3 nitrogen and oxygen atoms in total. The molecule has 2 fully saturated rings. The SMILES string of the molecule is CC1(C)C2=CCC3C(CCC4(C)C3CCC4(C)O)C2(C)Cc2cnoc21. The molecule has 4 aliphatic rings. The van der Waals surface area contributed by atoms with Crippen LogP contribution < -0.4 is 0 Å². The summed E-state index contributed by atoms with van der Waals surface area (Å²) in [7, 11) is 0. The number of aromatic nitrogens is 1. The van der Waals surface area contributed by atoms with Crippen molar-refractivity contribution in [3.63, 3.8) is 0 Å². The van der Waals surface area contributed by atoms with Crippen molar-refractivity contribution < 1.29 is 9.63 Å². The fourth-order valence-electron chi connectivity index (χ4n) is 7.95. The van der Waals surface area contributed by atoms with Gasteiger partial charge >= 0.3 is 0 Å². The second-order valence-electron chi connectivity index (χ2n) is 10.9. The van der Waals surface area contributed by atoms with Crippen molar-refractivity contribution in [2.24, 2.45) is 28.6 Å². The first kappa shape index (κ1) is 17.0. The fourth-order valence-corrected chi connectivity index (χ4v) is 7.95. The number of fused-ring (bicyclic) bond motifs is 6. The molecule has 0 radical (unpaired) electrons. The smallest absolute Gasteiger partial charge is 0.149 e. The standard InChI is InChI=1S/C23H33NO2/c1-20(2)18-7-6-15-16(21(18,3)12-14-13-24-26-19(14)20)8-10-22(4)17(15)9-11-23(22,5)25/h7,13,15-17,25H,6,8-12H2,1-5H3. The summed E-state index contributed by atoms with van der Waals surface area (Å²) in [5.74, 6) is 3.13. The minimum Gasteiger partial charge on any atom is -0.390 e. The number of nitrogens with zero attached hydrogens (tertiary/aromatic N) is 1. The Labute approximate surface area is 157 Å². The molecule has 1 aromatic heterocycles. The monoisotopic (exact) mass is 355 g/mol. The highest BCUT2D eigenvalue weighted by Gasteiger charge is 2.63. The van der Waals surface area contributed by atoms with E-state index in [0.717, 1.165) is 25.0 Å². The van der Waals surface area contributed by atoms with Crippen molar-refractivity contribution in [1.29, 1.82) is 0 Å². The quantitative estimate of drug-likeness (QED) is 0.663. The van der Waals surface area contributed by atoms with E-state index in [0.29, 0.717) is 17.8 Å².